The van der Waals surface area contributed by atoms with Crippen LogP contribution in [0.1, 0.15) is 5.56 Å². The van der Waals surface area contributed by atoms with Gasteiger partial charge >= 0.3 is 5.63 Å². The van der Waals surface area contributed by atoms with Crippen LogP contribution in [0.5, 0.6) is 0 Å². The van der Waals surface area contributed by atoms with E-state index in [1.54, 1.807) is 6.07 Å². The van der Waals surface area contributed by atoms with E-state index in [-0.39, 0.29) is 11.4 Å². The molecular weight excluding hydrogens is 394 g/mol. The van der Waals surface area contributed by atoms with Gasteiger partial charge in [0.2, 0.25) is 10.0 Å². The van der Waals surface area contributed by atoms with E-state index in [9.17, 15) is 13.2 Å². The Morgan fingerprint density at radius 2 is 1.83 bits per heavy atom. The van der Waals surface area contributed by atoms with Gasteiger partial charge in [0, 0.05) is 29.5 Å². The number of fused-ring (bicyclic) bond motifs is 1. The third kappa shape index (κ3) is 3.28. The molecule has 1 heterocycles. The van der Waals surface area contributed by atoms with E-state index in [1.807, 2.05) is 24.3 Å². The van der Waals surface area contributed by atoms with E-state index in [0.717, 1.165) is 10.0 Å². The number of hydrogen-bond acceptors (Lipinski definition) is 4. The van der Waals surface area contributed by atoms with Crippen molar-refractivity contribution in [3.05, 3.63) is 75.1 Å². The molecule has 0 atom stereocenters. The van der Waals surface area contributed by atoms with Crippen LogP contribution >= 0.6 is 15.9 Å². The summed E-state index contributed by atoms with van der Waals surface area (Å²) in [5.74, 6) is 0. The maximum absolute atomic E-state index is 12.8. The molecule has 3 rings (SSSR count). The van der Waals surface area contributed by atoms with Gasteiger partial charge in [-0.1, -0.05) is 34.1 Å². The molecule has 7 heteroatoms. The Kier molecular flexibility index (Phi) is 4.58. The van der Waals surface area contributed by atoms with Crippen molar-refractivity contribution in [2.75, 3.05) is 7.05 Å². The monoisotopic (exact) mass is 407 g/mol. The molecule has 0 radical (unpaired) electrons. The van der Waals surface area contributed by atoms with Crippen molar-refractivity contribution >= 4 is 36.9 Å². The third-order valence-electron chi connectivity index (χ3n) is 3.65. The Labute approximate surface area is 147 Å². The molecule has 0 amide bonds. The fourth-order valence-corrected chi connectivity index (χ4v) is 3.94. The number of halogens is 1. The van der Waals surface area contributed by atoms with Gasteiger partial charge in [-0.15, -0.1) is 0 Å². The maximum atomic E-state index is 12.8. The summed E-state index contributed by atoms with van der Waals surface area (Å²) in [4.78, 5) is 11.4. The van der Waals surface area contributed by atoms with E-state index in [0.29, 0.717) is 11.0 Å². The predicted octanol–water partition coefficient (Wildman–Crippen LogP) is 3.38. The van der Waals surface area contributed by atoms with Crippen molar-refractivity contribution in [2.24, 2.45) is 0 Å². The zero-order chi connectivity index (χ0) is 17.3. The standard InChI is InChI=1S/C17H14BrNO4S/c1-19(11-13-4-2-3-5-15(13)18)24(21,22)14-7-8-16-12(10-14)6-9-17(20)23-16/h2-10H,11H2,1H3. The highest BCUT2D eigenvalue weighted by atomic mass is 79.9. The molecule has 1 aromatic heterocycles. The zero-order valence-electron chi connectivity index (χ0n) is 12.8. The van der Waals surface area contributed by atoms with Gasteiger partial charge in [-0.25, -0.2) is 13.2 Å². The third-order valence-corrected chi connectivity index (χ3v) is 6.22. The Morgan fingerprint density at radius 1 is 1.08 bits per heavy atom. The van der Waals surface area contributed by atoms with E-state index in [4.69, 9.17) is 4.42 Å². The van der Waals surface area contributed by atoms with Crippen molar-refractivity contribution in [3.63, 3.8) is 0 Å². The molecule has 0 saturated heterocycles. The molecule has 0 unspecified atom stereocenters. The van der Waals surface area contributed by atoms with Gasteiger partial charge in [0.25, 0.3) is 0 Å². The lowest BCUT2D eigenvalue weighted by Crippen LogP contribution is -2.26. The van der Waals surface area contributed by atoms with Crippen LogP contribution in [-0.2, 0) is 16.6 Å². The van der Waals surface area contributed by atoms with Crippen molar-refractivity contribution in [1.29, 1.82) is 0 Å². The number of sulfonamides is 1. The Balaban J connectivity index is 1.96. The molecule has 0 spiro atoms. The minimum Gasteiger partial charge on any atom is -0.423 e. The number of benzene rings is 2. The molecular formula is C17H14BrNO4S. The van der Waals surface area contributed by atoms with E-state index in [1.165, 1.54) is 35.6 Å². The van der Waals surface area contributed by atoms with Crippen LogP contribution in [0, 0.1) is 0 Å². The molecule has 0 saturated carbocycles. The molecule has 0 fully saturated rings. The normalized spacial score (nSPS) is 12.0. The molecule has 3 aromatic rings. The SMILES string of the molecule is CN(Cc1ccccc1Br)S(=O)(=O)c1ccc2oc(=O)ccc2c1. The first kappa shape index (κ1) is 16.9. The van der Waals surface area contributed by atoms with Gasteiger partial charge in [-0.2, -0.15) is 4.31 Å². The first-order chi connectivity index (χ1) is 11.4. The molecule has 0 aliphatic carbocycles. The van der Waals surface area contributed by atoms with Crippen LogP contribution in [0.4, 0.5) is 0 Å². The summed E-state index contributed by atoms with van der Waals surface area (Å²) in [5.41, 5.74) is 0.759. The molecule has 0 N–H and O–H groups in total. The van der Waals surface area contributed by atoms with Gasteiger partial charge < -0.3 is 4.42 Å². The zero-order valence-corrected chi connectivity index (χ0v) is 15.2. The summed E-state index contributed by atoms with van der Waals surface area (Å²) in [6, 6.07) is 14.7. The fraction of sp³-hybridized carbons (Fsp3) is 0.118. The molecule has 0 aliphatic heterocycles. The van der Waals surface area contributed by atoms with Crippen LogP contribution in [0.25, 0.3) is 11.0 Å². The van der Waals surface area contributed by atoms with E-state index >= 15 is 0 Å². The summed E-state index contributed by atoms with van der Waals surface area (Å²) in [7, 11) is -2.13. The summed E-state index contributed by atoms with van der Waals surface area (Å²) < 4.78 is 32.7. The molecule has 2 aromatic carbocycles. The average Bonchev–Trinajstić information content (AvgIpc) is 2.56. The summed E-state index contributed by atoms with van der Waals surface area (Å²) >= 11 is 3.42. The predicted molar refractivity (Wildman–Crippen MR) is 95.3 cm³/mol. The van der Waals surface area contributed by atoms with Crippen LogP contribution in [0.3, 0.4) is 0 Å². The van der Waals surface area contributed by atoms with Crippen LogP contribution < -0.4 is 5.63 Å². The van der Waals surface area contributed by atoms with Gasteiger partial charge in [-0.05, 0) is 35.9 Å². The molecule has 124 valence electrons. The van der Waals surface area contributed by atoms with Crippen LogP contribution in [-0.4, -0.2) is 19.8 Å². The lowest BCUT2D eigenvalue weighted by atomic mass is 10.2. The number of nitrogens with zero attached hydrogens (tertiary/aromatic N) is 1. The first-order valence-corrected chi connectivity index (χ1v) is 9.35. The van der Waals surface area contributed by atoms with Gasteiger partial charge in [0.15, 0.2) is 0 Å². The van der Waals surface area contributed by atoms with E-state index < -0.39 is 15.6 Å². The summed E-state index contributed by atoms with van der Waals surface area (Å²) in [5, 5.41) is 0.560. The smallest absolute Gasteiger partial charge is 0.336 e. The molecule has 5 nitrogen and oxygen atoms in total. The molecule has 0 aliphatic rings. The van der Waals surface area contributed by atoms with Gasteiger partial charge in [-0.3, -0.25) is 0 Å². The van der Waals surface area contributed by atoms with Gasteiger partial charge in [0.05, 0.1) is 4.90 Å². The second-order valence-corrected chi connectivity index (χ2v) is 8.21. The molecule has 24 heavy (non-hydrogen) atoms. The summed E-state index contributed by atoms with van der Waals surface area (Å²) in [6.07, 6.45) is 0. The highest BCUT2D eigenvalue weighted by Crippen LogP contribution is 2.23. The number of rotatable bonds is 4. The lowest BCUT2D eigenvalue weighted by molar-refractivity contribution is 0.466. The fourth-order valence-electron chi connectivity index (χ4n) is 2.34. The van der Waals surface area contributed by atoms with Crippen molar-refractivity contribution < 1.29 is 12.8 Å². The largest absolute Gasteiger partial charge is 0.423 e. The Bertz CT molecular complexity index is 1060. The Morgan fingerprint density at radius 3 is 2.58 bits per heavy atom. The topological polar surface area (TPSA) is 67.6 Å². The minimum absolute atomic E-state index is 0.151. The summed E-state index contributed by atoms with van der Waals surface area (Å²) in [6.45, 7) is 0.242. The second kappa shape index (κ2) is 6.51. The molecule has 0 bridgehead atoms. The van der Waals surface area contributed by atoms with Gasteiger partial charge in [0.1, 0.15) is 5.58 Å². The Hall–Kier alpha value is -1.96. The first-order valence-electron chi connectivity index (χ1n) is 7.11. The second-order valence-electron chi connectivity index (χ2n) is 5.31. The number of hydrogen-bond donors (Lipinski definition) is 0. The average molecular weight is 408 g/mol. The lowest BCUT2D eigenvalue weighted by Gasteiger charge is -2.18. The van der Waals surface area contributed by atoms with Crippen molar-refractivity contribution in [3.8, 4) is 0 Å². The highest BCUT2D eigenvalue weighted by Gasteiger charge is 2.22. The van der Waals surface area contributed by atoms with Crippen molar-refractivity contribution in [1.82, 2.24) is 4.31 Å². The van der Waals surface area contributed by atoms with Crippen molar-refractivity contribution in [2.45, 2.75) is 11.4 Å². The minimum atomic E-state index is -3.66. The highest BCUT2D eigenvalue weighted by molar-refractivity contribution is 9.10. The quantitative estimate of drug-likeness (QED) is 0.621. The van der Waals surface area contributed by atoms with E-state index in [2.05, 4.69) is 15.9 Å². The van der Waals surface area contributed by atoms with Crippen LogP contribution in [0.15, 0.2) is 73.2 Å². The maximum Gasteiger partial charge on any atom is 0.336 e. The van der Waals surface area contributed by atoms with Crippen LogP contribution in [0.2, 0.25) is 0 Å².